The number of pyridine rings is 2. The highest BCUT2D eigenvalue weighted by Gasteiger charge is 2.05. The largest absolute Gasteiger partial charge is 0.264 e. The molecule has 2 heteroatoms. The second-order valence-corrected chi connectivity index (χ2v) is 4.55. The molecule has 19 heavy (non-hydrogen) atoms. The van der Waals surface area contributed by atoms with E-state index < -0.39 is 0 Å². The molecule has 0 saturated carbocycles. The fourth-order valence-electron chi connectivity index (χ4n) is 1.93. The Kier molecular flexibility index (Phi) is 4.62. The summed E-state index contributed by atoms with van der Waals surface area (Å²) in [5.41, 5.74) is 3.66. The van der Waals surface area contributed by atoms with Gasteiger partial charge in [0.05, 0.1) is 0 Å². The molecule has 0 bridgehead atoms. The predicted octanol–water partition coefficient (Wildman–Crippen LogP) is 3.56. The van der Waals surface area contributed by atoms with Crippen LogP contribution < -0.4 is 4.57 Å². The number of aromatic nitrogens is 2. The molecule has 0 aliphatic rings. The molecule has 0 unspecified atom stereocenters. The van der Waals surface area contributed by atoms with Crippen LogP contribution in [0.25, 0.3) is 11.1 Å². The van der Waals surface area contributed by atoms with Gasteiger partial charge in [-0.2, -0.15) is 0 Å². The van der Waals surface area contributed by atoms with Crippen molar-refractivity contribution in [3.8, 4) is 11.1 Å². The molecule has 2 rings (SSSR count). The number of hydrogen-bond acceptors (Lipinski definition) is 1. The molecule has 2 aromatic rings. The fraction of sp³-hybridized carbons (Fsp3) is 0.176. The third-order valence-electron chi connectivity index (χ3n) is 2.86. The molecule has 0 aliphatic heterocycles. The van der Waals surface area contributed by atoms with E-state index in [2.05, 4.69) is 59.2 Å². The van der Waals surface area contributed by atoms with Gasteiger partial charge in [-0.3, -0.25) is 4.98 Å². The summed E-state index contributed by atoms with van der Waals surface area (Å²) >= 11 is 0. The van der Waals surface area contributed by atoms with Gasteiger partial charge in [-0.1, -0.05) is 24.3 Å². The van der Waals surface area contributed by atoms with Crippen molar-refractivity contribution in [2.45, 2.75) is 20.4 Å². The van der Waals surface area contributed by atoms with Crippen molar-refractivity contribution in [2.24, 2.45) is 0 Å². The van der Waals surface area contributed by atoms with E-state index in [0.717, 1.165) is 12.1 Å². The Morgan fingerprint density at radius 1 is 1.26 bits per heavy atom. The zero-order chi connectivity index (χ0) is 13.5. The molecule has 0 atom stereocenters. The van der Waals surface area contributed by atoms with Crippen molar-refractivity contribution < 1.29 is 4.57 Å². The lowest BCUT2D eigenvalue weighted by Crippen LogP contribution is -2.33. The highest BCUT2D eigenvalue weighted by Crippen LogP contribution is 2.15. The SMILES string of the molecule is C/C=C\C=C(/C)C[n+]1cccc(-c2cccnc2)c1. The van der Waals surface area contributed by atoms with Gasteiger partial charge in [0.2, 0.25) is 0 Å². The molecule has 0 saturated heterocycles. The topological polar surface area (TPSA) is 16.8 Å². The van der Waals surface area contributed by atoms with E-state index in [-0.39, 0.29) is 0 Å². The molecule has 0 aliphatic carbocycles. The first-order chi connectivity index (χ1) is 9.29. The third kappa shape index (κ3) is 3.88. The summed E-state index contributed by atoms with van der Waals surface area (Å²) < 4.78 is 2.19. The first kappa shape index (κ1) is 13.2. The lowest BCUT2D eigenvalue weighted by atomic mass is 10.1. The zero-order valence-corrected chi connectivity index (χ0v) is 11.5. The number of nitrogens with zero attached hydrogens (tertiary/aromatic N) is 2. The molecule has 96 valence electrons. The van der Waals surface area contributed by atoms with E-state index in [9.17, 15) is 0 Å². The summed E-state index contributed by atoms with van der Waals surface area (Å²) in [6.07, 6.45) is 14.2. The number of allylic oxidation sites excluding steroid dienone is 4. The van der Waals surface area contributed by atoms with Gasteiger partial charge in [0.15, 0.2) is 18.9 Å². The maximum atomic E-state index is 4.16. The number of hydrogen-bond donors (Lipinski definition) is 0. The molecule has 0 aromatic carbocycles. The van der Waals surface area contributed by atoms with Crippen LogP contribution in [0.2, 0.25) is 0 Å². The quantitative estimate of drug-likeness (QED) is 0.599. The lowest BCUT2D eigenvalue weighted by Gasteiger charge is -2.01. The van der Waals surface area contributed by atoms with Crippen LogP contribution in [-0.2, 0) is 6.54 Å². The van der Waals surface area contributed by atoms with E-state index in [0.29, 0.717) is 0 Å². The summed E-state index contributed by atoms with van der Waals surface area (Å²) in [6.45, 7) is 5.07. The maximum absolute atomic E-state index is 4.16. The van der Waals surface area contributed by atoms with E-state index in [1.807, 2.05) is 25.3 Å². The van der Waals surface area contributed by atoms with Crippen molar-refractivity contribution in [2.75, 3.05) is 0 Å². The van der Waals surface area contributed by atoms with Gasteiger partial charge in [0, 0.05) is 29.6 Å². The van der Waals surface area contributed by atoms with E-state index in [1.165, 1.54) is 11.1 Å². The van der Waals surface area contributed by atoms with Gasteiger partial charge in [0.1, 0.15) is 0 Å². The van der Waals surface area contributed by atoms with Gasteiger partial charge >= 0.3 is 0 Å². The molecule has 0 fully saturated rings. The van der Waals surface area contributed by atoms with Crippen LogP contribution in [0.5, 0.6) is 0 Å². The Labute approximate surface area is 114 Å². The summed E-state index contributed by atoms with van der Waals surface area (Å²) in [5, 5.41) is 0. The normalized spacial score (nSPS) is 12.0. The Hall–Kier alpha value is -2.22. The minimum atomic E-state index is 0.901. The fourth-order valence-corrected chi connectivity index (χ4v) is 1.93. The van der Waals surface area contributed by atoms with Crippen LogP contribution in [0, 0.1) is 0 Å². The summed E-state index contributed by atoms with van der Waals surface area (Å²) in [6, 6.07) is 8.23. The highest BCUT2D eigenvalue weighted by molar-refractivity contribution is 5.59. The molecule has 2 aromatic heterocycles. The van der Waals surface area contributed by atoms with Crippen molar-refractivity contribution in [1.29, 1.82) is 0 Å². The molecular weight excluding hydrogens is 232 g/mol. The van der Waals surface area contributed by atoms with Gasteiger partial charge in [-0.25, -0.2) is 4.57 Å². The van der Waals surface area contributed by atoms with E-state index in [4.69, 9.17) is 0 Å². The Balaban J connectivity index is 2.21. The minimum Gasteiger partial charge on any atom is -0.264 e. The van der Waals surface area contributed by atoms with Crippen molar-refractivity contribution in [1.82, 2.24) is 4.98 Å². The average molecular weight is 251 g/mol. The lowest BCUT2D eigenvalue weighted by molar-refractivity contribution is -0.688. The van der Waals surface area contributed by atoms with Crippen molar-refractivity contribution in [3.63, 3.8) is 0 Å². The Morgan fingerprint density at radius 2 is 2.11 bits per heavy atom. The molecule has 0 spiro atoms. The smallest absolute Gasteiger partial charge is 0.177 e. The van der Waals surface area contributed by atoms with Crippen LogP contribution >= 0.6 is 0 Å². The molecule has 0 N–H and O–H groups in total. The van der Waals surface area contributed by atoms with Crippen LogP contribution in [0.1, 0.15) is 13.8 Å². The summed E-state index contributed by atoms with van der Waals surface area (Å²) in [5.74, 6) is 0. The molecule has 2 heterocycles. The van der Waals surface area contributed by atoms with Gasteiger partial charge in [-0.15, -0.1) is 0 Å². The Morgan fingerprint density at radius 3 is 2.84 bits per heavy atom. The first-order valence-corrected chi connectivity index (χ1v) is 6.47. The summed E-state index contributed by atoms with van der Waals surface area (Å²) in [4.78, 5) is 4.16. The molecule has 0 radical (unpaired) electrons. The maximum Gasteiger partial charge on any atom is 0.177 e. The predicted molar refractivity (Wildman–Crippen MR) is 78.4 cm³/mol. The molecule has 0 amide bonds. The average Bonchev–Trinajstić information content (AvgIpc) is 2.46. The van der Waals surface area contributed by atoms with Gasteiger partial charge in [0.25, 0.3) is 0 Å². The van der Waals surface area contributed by atoms with Crippen LogP contribution in [-0.4, -0.2) is 4.98 Å². The Bertz CT molecular complexity index is 583. The second-order valence-electron chi connectivity index (χ2n) is 4.55. The molecule has 2 nitrogen and oxygen atoms in total. The zero-order valence-electron chi connectivity index (χ0n) is 11.5. The van der Waals surface area contributed by atoms with Crippen LogP contribution in [0.3, 0.4) is 0 Å². The highest BCUT2D eigenvalue weighted by atomic mass is 14.9. The minimum absolute atomic E-state index is 0.901. The standard InChI is InChI=1S/C17H19N2/c1-3-4-7-15(2)13-19-11-6-9-17(14-19)16-8-5-10-18-12-16/h3-12,14H,13H2,1-2H3/q+1/b4-3-,15-7+. The van der Waals surface area contributed by atoms with Crippen LogP contribution in [0.4, 0.5) is 0 Å². The first-order valence-electron chi connectivity index (χ1n) is 6.47. The van der Waals surface area contributed by atoms with E-state index >= 15 is 0 Å². The molecular formula is C17H19N2+. The van der Waals surface area contributed by atoms with Crippen molar-refractivity contribution in [3.05, 3.63) is 72.9 Å². The van der Waals surface area contributed by atoms with Crippen LogP contribution in [0.15, 0.2) is 72.9 Å². The second kappa shape index (κ2) is 6.64. The number of rotatable bonds is 4. The van der Waals surface area contributed by atoms with Gasteiger partial charge in [-0.05, 0) is 31.6 Å². The van der Waals surface area contributed by atoms with Crippen molar-refractivity contribution >= 4 is 0 Å². The van der Waals surface area contributed by atoms with Gasteiger partial charge < -0.3 is 0 Å². The summed E-state index contributed by atoms with van der Waals surface area (Å²) in [7, 11) is 0. The third-order valence-corrected chi connectivity index (χ3v) is 2.86. The van der Waals surface area contributed by atoms with E-state index in [1.54, 1.807) is 6.20 Å². The monoisotopic (exact) mass is 251 g/mol.